The minimum absolute atomic E-state index is 0.114. The highest BCUT2D eigenvalue weighted by Gasteiger charge is 2.17. The Labute approximate surface area is 81.7 Å². The molecule has 0 heterocycles. The zero-order chi connectivity index (χ0) is 10.3. The molecule has 0 rings (SSSR count). The molecule has 0 aliphatic carbocycles. The molecule has 78 valence electrons. The van der Waals surface area contributed by atoms with Gasteiger partial charge >= 0.3 is 0 Å². The van der Waals surface area contributed by atoms with Crippen LogP contribution in [0.4, 0.5) is 0 Å². The van der Waals surface area contributed by atoms with Gasteiger partial charge in [-0.1, -0.05) is 27.2 Å². The van der Waals surface area contributed by atoms with Gasteiger partial charge in [0.1, 0.15) is 6.29 Å². The van der Waals surface area contributed by atoms with Crippen LogP contribution in [0.25, 0.3) is 0 Å². The number of hydrogen-bond donors (Lipinski definition) is 0. The van der Waals surface area contributed by atoms with E-state index in [-0.39, 0.29) is 6.10 Å². The van der Waals surface area contributed by atoms with Gasteiger partial charge in [0.25, 0.3) is 0 Å². The van der Waals surface area contributed by atoms with Crippen LogP contribution in [0.15, 0.2) is 0 Å². The maximum absolute atomic E-state index is 10.3. The topological polar surface area (TPSA) is 26.3 Å². The van der Waals surface area contributed by atoms with Crippen LogP contribution in [0.1, 0.15) is 46.5 Å². The van der Waals surface area contributed by atoms with Crippen molar-refractivity contribution in [2.24, 2.45) is 5.41 Å². The Balaban J connectivity index is 3.76. The molecule has 0 saturated carbocycles. The quantitative estimate of drug-likeness (QED) is 0.571. The highest BCUT2D eigenvalue weighted by molar-refractivity contribution is 5.50. The van der Waals surface area contributed by atoms with Gasteiger partial charge in [0.2, 0.25) is 0 Å². The average Bonchev–Trinajstić information content (AvgIpc) is 2.12. The van der Waals surface area contributed by atoms with Gasteiger partial charge in [-0.15, -0.1) is 0 Å². The molecular formula is C11H22O2. The van der Waals surface area contributed by atoms with Crippen LogP contribution in [-0.4, -0.2) is 19.5 Å². The van der Waals surface area contributed by atoms with Gasteiger partial charge in [0, 0.05) is 13.5 Å². The van der Waals surface area contributed by atoms with Crippen LogP contribution in [0.2, 0.25) is 0 Å². The molecule has 0 fully saturated rings. The third-order valence-electron chi connectivity index (χ3n) is 2.79. The molecular weight excluding hydrogens is 164 g/mol. The van der Waals surface area contributed by atoms with E-state index in [1.54, 1.807) is 7.11 Å². The average molecular weight is 186 g/mol. The van der Waals surface area contributed by atoms with Crippen molar-refractivity contribution in [3.8, 4) is 0 Å². The first-order valence-electron chi connectivity index (χ1n) is 5.02. The Hall–Kier alpha value is -0.370. The maximum atomic E-state index is 10.3. The largest absolute Gasteiger partial charge is 0.381 e. The van der Waals surface area contributed by atoms with Gasteiger partial charge in [0.05, 0.1) is 6.10 Å². The van der Waals surface area contributed by atoms with Crippen LogP contribution in [0.5, 0.6) is 0 Å². The molecule has 0 aromatic heterocycles. The van der Waals surface area contributed by atoms with Gasteiger partial charge in [-0.2, -0.15) is 0 Å². The molecule has 0 N–H and O–H groups in total. The van der Waals surface area contributed by atoms with Gasteiger partial charge < -0.3 is 9.53 Å². The van der Waals surface area contributed by atoms with Crippen molar-refractivity contribution in [3.05, 3.63) is 0 Å². The molecule has 0 bridgehead atoms. The van der Waals surface area contributed by atoms with Crippen molar-refractivity contribution < 1.29 is 9.53 Å². The highest BCUT2D eigenvalue weighted by Crippen LogP contribution is 2.27. The van der Waals surface area contributed by atoms with Gasteiger partial charge in [-0.3, -0.25) is 0 Å². The first-order chi connectivity index (χ1) is 6.05. The first-order valence-corrected chi connectivity index (χ1v) is 5.02. The predicted molar refractivity (Wildman–Crippen MR) is 54.8 cm³/mol. The smallest absolute Gasteiger partial charge is 0.122 e. The SMILES string of the molecule is CCC(C)(C)CCC(CC=O)OC. The molecule has 0 spiro atoms. The second-order valence-corrected chi connectivity index (χ2v) is 4.32. The van der Waals surface area contributed by atoms with Crippen LogP contribution in [0, 0.1) is 5.41 Å². The van der Waals surface area contributed by atoms with Crippen molar-refractivity contribution in [1.82, 2.24) is 0 Å². The number of carbonyl (C=O) groups excluding carboxylic acids is 1. The molecule has 13 heavy (non-hydrogen) atoms. The number of ether oxygens (including phenoxy) is 1. The van der Waals surface area contributed by atoms with Gasteiger partial charge in [-0.05, 0) is 18.3 Å². The molecule has 0 aliphatic heterocycles. The molecule has 1 atom stereocenters. The van der Waals surface area contributed by atoms with Crippen molar-refractivity contribution in [3.63, 3.8) is 0 Å². The molecule has 2 nitrogen and oxygen atoms in total. The van der Waals surface area contributed by atoms with Crippen LogP contribution >= 0.6 is 0 Å². The molecule has 2 heteroatoms. The van der Waals surface area contributed by atoms with E-state index in [0.29, 0.717) is 11.8 Å². The van der Waals surface area contributed by atoms with Gasteiger partial charge in [-0.25, -0.2) is 0 Å². The number of rotatable bonds is 7. The summed E-state index contributed by atoms with van der Waals surface area (Å²) in [5, 5.41) is 0. The maximum Gasteiger partial charge on any atom is 0.122 e. The van der Waals surface area contributed by atoms with E-state index in [4.69, 9.17) is 4.74 Å². The lowest BCUT2D eigenvalue weighted by Crippen LogP contribution is -2.17. The molecule has 0 amide bonds. The zero-order valence-corrected chi connectivity index (χ0v) is 9.30. The molecule has 0 aromatic carbocycles. The normalized spacial score (nSPS) is 14.2. The summed E-state index contributed by atoms with van der Waals surface area (Å²) in [6, 6.07) is 0. The summed E-state index contributed by atoms with van der Waals surface area (Å²) in [6.45, 7) is 6.70. The minimum Gasteiger partial charge on any atom is -0.381 e. The number of hydrogen-bond acceptors (Lipinski definition) is 2. The third kappa shape index (κ3) is 5.81. The second-order valence-electron chi connectivity index (χ2n) is 4.32. The van der Waals surface area contributed by atoms with Crippen LogP contribution in [-0.2, 0) is 9.53 Å². The third-order valence-corrected chi connectivity index (χ3v) is 2.79. The summed E-state index contributed by atoms with van der Waals surface area (Å²) < 4.78 is 5.20. The molecule has 0 aliphatic rings. The van der Waals surface area contributed by atoms with E-state index in [1.165, 1.54) is 6.42 Å². The van der Waals surface area contributed by atoms with Crippen molar-refractivity contribution in [2.75, 3.05) is 7.11 Å². The fourth-order valence-corrected chi connectivity index (χ4v) is 1.17. The number of aldehydes is 1. The van der Waals surface area contributed by atoms with Gasteiger partial charge in [0.15, 0.2) is 0 Å². The minimum atomic E-state index is 0.114. The Morgan fingerprint density at radius 2 is 2.08 bits per heavy atom. The molecule has 0 saturated heterocycles. The van der Waals surface area contributed by atoms with Crippen molar-refractivity contribution in [2.45, 2.75) is 52.6 Å². The number of methoxy groups -OCH3 is 1. The predicted octanol–water partition coefficient (Wildman–Crippen LogP) is 2.81. The molecule has 0 radical (unpaired) electrons. The van der Waals surface area contributed by atoms with E-state index in [2.05, 4.69) is 20.8 Å². The Kier molecular flexibility index (Phi) is 5.97. The summed E-state index contributed by atoms with van der Waals surface area (Å²) in [5.41, 5.74) is 0.375. The zero-order valence-electron chi connectivity index (χ0n) is 9.30. The second kappa shape index (κ2) is 6.14. The Bertz CT molecular complexity index is 141. The van der Waals surface area contributed by atoms with Crippen molar-refractivity contribution in [1.29, 1.82) is 0 Å². The summed E-state index contributed by atoms with van der Waals surface area (Å²) >= 11 is 0. The molecule has 1 unspecified atom stereocenters. The van der Waals surface area contributed by atoms with Crippen LogP contribution < -0.4 is 0 Å². The lowest BCUT2D eigenvalue weighted by molar-refractivity contribution is -0.110. The highest BCUT2D eigenvalue weighted by atomic mass is 16.5. The monoisotopic (exact) mass is 186 g/mol. The lowest BCUT2D eigenvalue weighted by Gasteiger charge is -2.24. The molecule has 0 aromatic rings. The van der Waals surface area contributed by atoms with E-state index in [0.717, 1.165) is 19.1 Å². The van der Waals surface area contributed by atoms with Crippen LogP contribution in [0.3, 0.4) is 0 Å². The summed E-state index contributed by atoms with van der Waals surface area (Å²) in [4.78, 5) is 10.3. The van der Waals surface area contributed by atoms with E-state index < -0.39 is 0 Å². The van der Waals surface area contributed by atoms with E-state index in [9.17, 15) is 4.79 Å². The lowest BCUT2D eigenvalue weighted by atomic mass is 9.84. The summed E-state index contributed by atoms with van der Waals surface area (Å²) in [5.74, 6) is 0. The summed E-state index contributed by atoms with van der Waals surface area (Å²) in [7, 11) is 1.67. The fourth-order valence-electron chi connectivity index (χ4n) is 1.17. The van der Waals surface area contributed by atoms with E-state index >= 15 is 0 Å². The summed E-state index contributed by atoms with van der Waals surface area (Å²) in [6.07, 6.45) is 4.85. The Morgan fingerprint density at radius 1 is 1.46 bits per heavy atom. The number of carbonyl (C=O) groups is 1. The Morgan fingerprint density at radius 3 is 2.46 bits per heavy atom. The first kappa shape index (κ1) is 12.6. The fraction of sp³-hybridized carbons (Fsp3) is 0.909. The van der Waals surface area contributed by atoms with E-state index in [1.807, 2.05) is 0 Å². The standard InChI is InChI=1S/C11H22O2/c1-5-11(2,3)8-6-10(13-4)7-9-12/h9-10H,5-8H2,1-4H3. The van der Waals surface area contributed by atoms with Crippen molar-refractivity contribution >= 4 is 6.29 Å².